The molecule has 0 unspecified atom stereocenters. The molecule has 0 aliphatic heterocycles. The summed E-state index contributed by atoms with van der Waals surface area (Å²) in [6, 6.07) is 7.79. The van der Waals surface area contributed by atoms with Crippen LogP contribution >= 0.6 is 22.6 Å². The van der Waals surface area contributed by atoms with Crippen molar-refractivity contribution in [2.45, 2.75) is 25.7 Å². The van der Waals surface area contributed by atoms with E-state index in [1.165, 1.54) is 25.7 Å². The van der Waals surface area contributed by atoms with Gasteiger partial charge in [-0.1, -0.05) is 25.0 Å². The maximum atomic E-state index is 12.3. The number of rotatable bonds is 3. The third-order valence-electron chi connectivity index (χ3n) is 3.46. The van der Waals surface area contributed by atoms with Crippen molar-refractivity contribution in [2.24, 2.45) is 5.92 Å². The van der Waals surface area contributed by atoms with Crippen molar-refractivity contribution in [1.29, 1.82) is 0 Å². The molecular weight excluding hydrogens is 325 g/mol. The van der Waals surface area contributed by atoms with Gasteiger partial charge in [0.25, 0.3) is 5.91 Å². The molecule has 0 radical (unpaired) electrons. The number of hydrogen-bond donors (Lipinski definition) is 0. The fourth-order valence-electron chi connectivity index (χ4n) is 2.50. The Kier molecular flexibility index (Phi) is 4.42. The maximum absolute atomic E-state index is 12.3. The Morgan fingerprint density at radius 2 is 2.00 bits per heavy atom. The van der Waals surface area contributed by atoms with E-state index in [1.807, 2.05) is 36.2 Å². The molecule has 1 aromatic carbocycles. The number of carbonyl (C=O) groups excluding carboxylic acids is 1. The van der Waals surface area contributed by atoms with Crippen molar-refractivity contribution in [2.75, 3.05) is 13.6 Å². The summed E-state index contributed by atoms with van der Waals surface area (Å²) >= 11 is 2.23. The highest BCUT2D eigenvalue weighted by Gasteiger charge is 2.20. The van der Waals surface area contributed by atoms with Gasteiger partial charge in [0.2, 0.25) is 0 Å². The highest BCUT2D eigenvalue weighted by Crippen LogP contribution is 2.25. The minimum absolute atomic E-state index is 0.155. The SMILES string of the molecule is CN(CC1CCCC1)C(=O)c1ccccc1I. The smallest absolute Gasteiger partial charge is 0.254 e. The fourth-order valence-corrected chi connectivity index (χ4v) is 3.12. The summed E-state index contributed by atoms with van der Waals surface area (Å²) in [5.41, 5.74) is 0.827. The highest BCUT2D eigenvalue weighted by atomic mass is 127. The minimum atomic E-state index is 0.155. The molecule has 2 nitrogen and oxygen atoms in total. The molecule has 1 aromatic rings. The van der Waals surface area contributed by atoms with Crippen molar-refractivity contribution >= 4 is 28.5 Å². The van der Waals surface area contributed by atoms with Gasteiger partial charge in [-0.15, -0.1) is 0 Å². The van der Waals surface area contributed by atoms with Crippen molar-refractivity contribution < 1.29 is 4.79 Å². The molecule has 0 saturated heterocycles. The summed E-state index contributed by atoms with van der Waals surface area (Å²) in [5, 5.41) is 0. The Bertz CT molecular complexity index is 399. The van der Waals surface area contributed by atoms with Crippen LogP contribution < -0.4 is 0 Å². The van der Waals surface area contributed by atoms with Crippen LogP contribution in [-0.4, -0.2) is 24.4 Å². The lowest BCUT2D eigenvalue weighted by atomic mass is 10.1. The highest BCUT2D eigenvalue weighted by molar-refractivity contribution is 14.1. The third-order valence-corrected chi connectivity index (χ3v) is 4.40. The summed E-state index contributed by atoms with van der Waals surface area (Å²) < 4.78 is 1.04. The van der Waals surface area contributed by atoms with Crippen LogP contribution in [0.4, 0.5) is 0 Å². The molecule has 2 rings (SSSR count). The molecule has 0 N–H and O–H groups in total. The van der Waals surface area contributed by atoms with Gasteiger partial charge in [-0.25, -0.2) is 0 Å². The quantitative estimate of drug-likeness (QED) is 0.769. The molecule has 0 aromatic heterocycles. The summed E-state index contributed by atoms with van der Waals surface area (Å²) in [6.45, 7) is 0.907. The summed E-state index contributed by atoms with van der Waals surface area (Å²) in [6.07, 6.45) is 5.22. The van der Waals surface area contributed by atoms with Gasteiger partial charge in [0, 0.05) is 17.2 Å². The van der Waals surface area contributed by atoms with Gasteiger partial charge in [-0.05, 0) is 53.5 Å². The lowest BCUT2D eigenvalue weighted by Crippen LogP contribution is -2.31. The predicted octanol–water partition coefficient (Wildman–Crippen LogP) is 3.55. The molecule has 1 aliphatic carbocycles. The molecule has 0 heterocycles. The van der Waals surface area contributed by atoms with Crippen LogP contribution in [0.1, 0.15) is 36.0 Å². The fraction of sp³-hybridized carbons (Fsp3) is 0.500. The van der Waals surface area contributed by atoms with E-state index >= 15 is 0 Å². The first-order valence-corrected chi connectivity index (χ1v) is 7.26. The zero-order valence-electron chi connectivity index (χ0n) is 10.2. The molecule has 17 heavy (non-hydrogen) atoms. The second-order valence-electron chi connectivity index (χ2n) is 4.82. The van der Waals surface area contributed by atoms with Crippen LogP contribution in [0.3, 0.4) is 0 Å². The van der Waals surface area contributed by atoms with Gasteiger partial charge in [0.1, 0.15) is 0 Å². The van der Waals surface area contributed by atoms with E-state index < -0.39 is 0 Å². The second-order valence-corrected chi connectivity index (χ2v) is 5.98. The number of nitrogens with zero attached hydrogens (tertiary/aromatic N) is 1. The lowest BCUT2D eigenvalue weighted by molar-refractivity contribution is 0.0772. The molecule has 92 valence electrons. The Labute approximate surface area is 117 Å². The van der Waals surface area contributed by atoms with Gasteiger partial charge in [-0.3, -0.25) is 4.79 Å². The zero-order chi connectivity index (χ0) is 12.3. The van der Waals surface area contributed by atoms with Crippen LogP contribution in [0.15, 0.2) is 24.3 Å². The van der Waals surface area contributed by atoms with Crippen molar-refractivity contribution in [3.8, 4) is 0 Å². The van der Waals surface area contributed by atoms with Crippen LogP contribution in [0.25, 0.3) is 0 Å². The van der Waals surface area contributed by atoms with E-state index in [0.717, 1.165) is 15.7 Å². The molecule has 0 atom stereocenters. The van der Waals surface area contributed by atoms with Gasteiger partial charge < -0.3 is 4.90 Å². The van der Waals surface area contributed by atoms with Crippen molar-refractivity contribution in [3.05, 3.63) is 33.4 Å². The van der Waals surface area contributed by atoms with Crippen molar-refractivity contribution in [1.82, 2.24) is 4.90 Å². The molecule has 1 amide bonds. The molecule has 0 spiro atoms. The average molecular weight is 343 g/mol. The van der Waals surface area contributed by atoms with E-state index in [1.54, 1.807) is 0 Å². The lowest BCUT2D eigenvalue weighted by Gasteiger charge is -2.21. The first-order chi connectivity index (χ1) is 8.18. The monoisotopic (exact) mass is 343 g/mol. The maximum Gasteiger partial charge on any atom is 0.254 e. The molecule has 3 heteroatoms. The van der Waals surface area contributed by atoms with Crippen LogP contribution in [0.2, 0.25) is 0 Å². The Balaban J connectivity index is 2.01. The Morgan fingerprint density at radius 3 is 2.65 bits per heavy atom. The molecule has 1 saturated carbocycles. The van der Waals surface area contributed by atoms with E-state index in [2.05, 4.69) is 22.6 Å². The largest absolute Gasteiger partial charge is 0.341 e. The standard InChI is InChI=1S/C14H18INO/c1-16(10-11-6-2-3-7-11)14(17)12-8-4-5-9-13(12)15/h4-5,8-9,11H,2-3,6-7,10H2,1H3. The summed E-state index contributed by atoms with van der Waals surface area (Å²) in [7, 11) is 1.92. The minimum Gasteiger partial charge on any atom is -0.341 e. The summed E-state index contributed by atoms with van der Waals surface area (Å²) in [5.74, 6) is 0.868. The first-order valence-electron chi connectivity index (χ1n) is 6.18. The zero-order valence-corrected chi connectivity index (χ0v) is 12.3. The Morgan fingerprint density at radius 1 is 1.35 bits per heavy atom. The number of halogens is 1. The van der Waals surface area contributed by atoms with Gasteiger partial charge in [0.05, 0.1) is 5.56 Å². The van der Waals surface area contributed by atoms with E-state index in [9.17, 15) is 4.79 Å². The van der Waals surface area contributed by atoms with Gasteiger partial charge in [0.15, 0.2) is 0 Å². The second kappa shape index (κ2) is 5.85. The van der Waals surface area contributed by atoms with E-state index in [0.29, 0.717) is 5.92 Å². The molecular formula is C14H18INO. The van der Waals surface area contributed by atoms with E-state index in [-0.39, 0.29) is 5.91 Å². The number of hydrogen-bond acceptors (Lipinski definition) is 1. The first kappa shape index (κ1) is 12.9. The van der Waals surface area contributed by atoms with Crippen LogP contribution in [0, 0.1) is 9.49 Å². The van der Waals surface area contributed by atoms with Crippen molar-refractivity contribution in [3.63, 3.8) is 0 Å². The molecule has 1 fully saturated rings. The molecule has 0 bridgehead atoms. The predicted molar refractivity (Wildman–Crippen MR) is 78.1 cm³/mol. The van der Waals surface area contributed by atoms with Crippen LogP contribution in [0.5, 0.6) is 0 Å². The topological polar surface area (TPSA) is 20.3 Å². The third kappa shape index (κ3) is 3.21. The van der Waals surface area contributed by atoms with Gasteiger partial charge in [-0.2, -0.15) is 0 Å². The normalized spacial score (nSPS) is 16.1. The molecule has 1 aliphatic rings. The van der Waals surface area contributed by atoms with Gasteiger partial charge >= 0.3 is 0 Å². The number of carbonyl (C=O) groups is 1. The number of benzene rings is 1. The average Bonchev–Trinajstić information content (AvgIpc) is 2.81. The van der Waals surface area contributed by atoms with Crippen LogP contribution in [-0.2, 0) is 0 Å². The number of amides is 1. The van der Waals surface area contributed by atoms with E-state index in [4.69, 9.17) is 0 Å². The Hall–Kier alpha value is -0.580. The summed E-state index contributed by atoms with van der Waals surface area (Å²) in [4.78, 5) is 14.2.